The summed E-state index contributed by atoms with van der Waals surface area (Å²) >= 11 is 0. The van der Waals surface area contributed by atoms with Crippen LogP contribution >= 0.6 is 0 Å². The number of anilines is 2. The molecule has 0 fully saturated rings. The van der Waals surface area contributed by atoms with Crippen LogP contribution in [0.4, 0.5) is 11.5 Å². The van der Waals surface area contributed by atoms with E-state index >= 15 is 0 Å². The van der Waals surface area contributed by atoms with E-state index in [4.69, 9.17) is 15.2 Å². The average Bonchev–Trinajstić information content (AvgIpc) is 2.31. The number of rotatable bonds is 6. The van der Waals surface area contributed by atoms with E-state index < -0.39 is 0 Å². The van der Waals surface area contributed by atoms with E-state index in [1.54, 1.807) is 7.11 Å². The Labute approximate surface area is 95.2 Å². The van der Waals surface area contributed by atoms with Crippen LogP contribution in [0.15, 0.2) is 0 Å². The van der Waals surface area contributed by atoms with Gasteiger partial charge in [0.2, 0.25) is 5.88 Å². The van der Waals surface area contributed by atoms with E-state index in [0.717, 1.165) is 6.42 Å². The number of methoxy groups -OCH3 is 2. The highest BCUT2D eigenvalue weighted by Crippen LogP contribution is 2.25. The molecule has 3 N–H and O–H groups in total. The monoisotopic (exact) mass is 226 g/mol. The lowest BCUT2D eigenvalue weighted by Crippen LogP contribution is -2.13. The Kier molecular flexibility index (Phi) is 4.78. The molecule has 0 aliphatic rings. The first kappa shape index (κ1) is 12.5. The third-order valence-electron chi connectivity index (χ3n) is 2.07. The van der Waals surface area contributed by atoms with Crippen LogP contribution in [-0.4, -0.2) is 37.3 Å². The van der Waals surface area contributed by atoms with E-state index in [2.05, 4.69) is 15.3 Å². The van der Waals surface area contributed by atoms with E-state index in [1.165, 1.54) is 7.11 Å². The maximum Gasteiger partial charge on any atom is 0.242 e. The van der Waals surface area contributed by atoms with Gasteiger partial charge in [-0.2, -0.15) is 4.98 Å². The summed E-state index contributed by atoms with van der Waals surface area (Å²) < 4.78 is 10.0. The molecular formula is C10H18N4O2. The molecular weight excluding hydrogens is 208 g/mol. The molecule has 0 saturated carbocycles. The van der Waals surface area contributed by atoms with Crippen molar-refractivity contribution in [2.75, 3.05) is 38.4 Å². The molecule has 0 aliphatic carbocycles. The number of aromatic nitrogens is 2. The zero-order chi connectivity index (χ0) is 12.0. The molecule has 0 unspecified atom stereocenters. The van der Waals surface area contributed by atoms with Crippen molar-refractivity contribution in [2.24, 2.45) is 0 Å². The van der Waals surface area contributed by atoms with Crippen LogP contribution in [0.5, 0.6) is 5.88 Å². The van der Waals surface area contributed by atoms with Crippen LogP contribution < -0.4 is 15.8 Å². The molecule has 0 aliphatic heterocycles. The fraction of sp³-hybridized carbons (Fsp3) is 0.600. The number of ether oxygens (including phenoxy) is 2. The molecule has 16 heavy (non-hydrogen) atoms. The molecule has 1 aromatic heterocycles. The summed E-state index contributed by atoms with van der Waals surface area (Å²) in [4.78, 5) is 8.46. The number of aryl methyl sites for hydroxylation is 1. The molecule has 6 heteroatoms. The highest BCUT2D eigenvalue weighted by Gasteiger charge is 2.10. The zero-order valence-corrected chi connectivity index (χ0v) is 9.91. The quantitative estimate of drug-likeness (QED) is 0.694. The van der Waals surface area contributed by atoms with Crippen LogP contribution in [0, 0.1) is 0 Å². The molecule has 0 radical (unpaired) electrons. The molecule has 0 atom stereocenters. The maximum absolute atomic E-state index is 5.85. The predicted octanol–water partition coefficient (Wildman–Crippen LogP) is 0.688. The van der Waals surface area contributed by atoms with E-state index in [0.29, 0.717) is 36.4 Å². The molecule has 0 bridgehead atoms. The first-order valence-corrected chi connectivity index (χ1v) is 5.16. The van der Waals surface area contributed by atoms with Crippen molar-refractivity contribution in [3.8, 4) is 5.88 Å². The van der Waals surface area contributed by atoms with Gasteiger partial charge in [-0.3, -0.25) is 0 Å². The van der Waals surface area contributed by atoms with E-state index in [9.17, 15) is 0 Å². The Hall–Kier alpha value is -1.56. The molecule has 0 saturated heterocycles. The van der Waals surface area contributed by atoms with Gasteiger partial charge < -0.3 is 20.5 Å². The summed E-state index contributed by atoms with van der Waals surface area (Å²) in [5.74, 6) is 1.71. The highest BCUT2D eigenvalue weighted by molar-refractivity contribution is 5.66. The summed E-state index contributed by atoms with van der Waals surface area (Å²) in [6, 6.07) is 0. The first-order chi connectivity index (χ1) is 7.72. The number of nitrogens with two attached hydrogens (primary N) is 1. The maximum atomic E-state index is 5.85. The van der Waals surface area contributed by atoms with Gasteiger partial charge in [0, 0.05) is 20.1 Å². The summed E-state index contributed by atoms with van der Waals surface area (Å²) in [6.07, 6.45) is 0.732. The number of nitrogens with zero attached hydrogens (tertiary/aromatic N) is 2. The summed E-state index contributed by atoms with van der Waals surface area (Å²) in [6.45, 7) is 3.21. The van der Waals surface area contributed by atoms with Crippen molar-refractivity contribution in [1.82, 2.24) is 9.97 Å². The van der Waals surface area contributed by atoms with Crippen molar-refractivity contribution in [3.05, 3.63) is 5.82 Å². The largest absolute Gasteiger partial charge is 0.479 e. The molecule has 1 aromatic rings. The molecule has 0 amide bonds. The van der Waals surface area contributed by atoms with Gasteiger partial charge in [-0.05, 0) is 0 Å². The smallest absolute Gasteiger partial charge is 0.242 e. The first-order valence-electron chi connectivity index (χ1n) is 5.16. The molecule has 1 heterocycles. The lowest BCUT2D eigenvalue weighted by atomic mass is 10.4. The topological polar surface area (TPSA) is 82.3 Å². The summed E-state index contributed by atoms with van der Waals surface area (Å²) in [5, 5.41) is 3.08. The SMILES string of the molecule is CCc1nc(NCCOC)c(N)c(OC)n1. The van der Waals surface area contributed by atoms with Crippen LogP contribution in [-0.2, 0) is 11.2 Å². The molecule has 0 spiro atoms. The molecule has 90 valence electrons. The Morgan fingerprint density at radius 2 is 2.06 bits per heavy atom. The number of hydrogen-bond donors (Lipinski definition) is 2. The highest BCUT2D eigenvalue weighted by atomic mass is 16.5. The minimum atomic E-state index is 0.409. The number of nitrogen functional groups attached to an aromatic ring is 1. The molecule has 0 aromatic carbocycles. The predicted molar refractivity (Wildman–Crippen MR) is 62.7 cm³/mol. The van der Waals surface area contributed by atoms with Crippen molar-refractivity contribution < 1.29 is 9.47 Å². The van der Waals surface area contributed by atoms with Gasteiger partial charge in [-0.25, -0.2) is 4.98 Å². The van der Waals surface area contributed by atoms with Gasteiger partial charge in [0.25, 0.3) is 0 Å². The second kappa shape index (κ2) is 6.12. The Balaban J connectivity index is 2.88. The van der Waals surface area contributed by atoms with Gasteiger partial charge >= 0.3 is 0 Å². The number of nitrogens with one attached hydrogen (secondary N) is 1. The van der Waals surface area contributed by atoms with Crippen molar-refractivity contribution in [2.45, 2.75) is 13.3 Å². The minimum absolute atomic E-state index is 0.409. The third kappa shape index (κ3) is 2.96. The van der Waals surface area contributed by atoms with Crippen LogP contribution in [0.2, 0.25) is 0 Å². The van der Waals surface area contributed by atoms with E-state index in [1.807, 2.05) is 6.92 Å². The van der Waals surface area contributed by atoms with Gasteiger partial charge in [0.05, 0.1) is 13.7 Å². The lowest BCUT2D eigenvalue weighted by Gasteiger charge is -2.11. The Morgan fingerprint density at radius 3 is 2.62 bits per heavy atom. The van der Waals surface area contributed by atoms with Crippen LogP contribution in [0.3, 0.4) is 0 Å². The second-order valence-corrected chi connectivity index (χ2v) is 3.18. The normalized spacial score (nSPS) is 10.2. The van der Waals surface area contributed by atoms with Gasteiger partial charge in [0.1, 0.15) is 11.5 Å². The standard InChI is InChI=1S/C10H18N4O2/c1-4-7-13-9(12-5-6-15-2)8(11)10(14-7)16-3/h4-6,11H2,1-3H3,(H,12,13,14). The van der Waals surface area contributed by atoms with Gasteiger partial charge in [0.15, 0.2) is 5.82 Å². The second-order valence-electron chi connectivity index (χ2n) is 3.18. The number of hydrogen-bond acceptors (Lipinski definition) is 6. The van der Waals surface area contributed by atoms with E-state index in [-0.39, 0.29) is 0 Å². The molecule has 1 rings (SSSR count). The van der Waals surface area contributed by atoms with Crippen LogP contribution in [0.1, 0.15) is 12.7 Å². The molecule has 6 nitrogen and oxygen atoms in total. The summed E-state index contributed by atoms with van der Waals surface area (Å²) in [5.41, 5.74) is 6.27. The summed E-state index contributed by atoms with van der Waals surface area (Å²) in [7, 11) is 3.18. The Bertz CT molecular complexity index is 344. The fourth-order valence-corrected chi connectivity index (χ4v) is 1.21. The van der Waals surface area contributed by atoms with Gasteiger partial charge in [-0.15, -0.1) is 0 Å². The fourth-order valence-electron chi connectivity index (χ4n) is 1.21. The van der Waals surface area contributed by atoms with Gasteiger partial charge in [-0.1, -0.05) is 6.92 Å². The third-order valence-corrected chi connectivity index (χ3v) is 2.07. The average molecular weight is 226 g/mol. The van der Waals surface area contributed by atoms with Crippen molar-refractivity contribution in [3.63, 3.8) is 0 Å². The lowest BCUT2D eigenvalue weighted by molar-refractivity contribution is 0.210. The zero-order valence-electron chi connectivity index (χ0n) is 9.91. The van der Waals surface area contributed by atoms with Crippen molar-refractivity contribution in [1.29, 1.82) is 0 Å². The van der Waals surface area contributed by atoms with Crippen LogP contribution in [0.25, 0.3) is 0 Å². The Morgan fingerprint density at radius 1 is 1.31 bits per heavy atom. The van der Waals surface area contributed by atoms with Crippen molar-refractivity contribution >= 4 is 11.5 Å². The minimum Gasteiger partial charge on any atom is -0.479 e.